The van der Waals surface area contributed by atoms with E-state index in [9.17, 15) is 10.1 Å². The van der Waals surface area contributed by atoms with E-state index in [0.29, 0.717) is 18.9 Å². The monoisotopic (exact) mass is 308 g/mol. The third-order valence-corrected chi connectivity index (χ3v) is 3.64. The van der Waals surface area contributed by atoms with Gasteiger partial charge in [0.15, 0.2) is 0 Å². The van der Waals surface area contributed by atoms with Gasteiger partial charge in [-0.2, -0.15) is 0 Å². The minimum Gasteiger partial charge on any atom is -0.327 e. The van der Waals surface area contributed by atoms with Gasteiger partial charge in [-0.25, -0.2) is 4.98 Å². The maximum atomic E-state index is 10.9. The molecule has 0 aliphatic rings. The molecule has 2 aromatic carbocycles. The molecule has 6 heteroatoms. The molecule has 1 aromatic heterocycles. The first-order valence-corrected chi connectivity index (χ1v) is 7.21. The van der Waals surface area contributed by atoms with Crippen molar-refractivity contribution >= 4 is 5.69 Å². The SMILES string of the molecule is NCc1ccc(Cn2ccnc2-c2cccc([N+](=O)[O-])c2)cc1. The van der Waals surface area contributed by atoms with E-state index < -0.39 is 4.92 Å². The van der Waals surface area contributed by atoms with Crippen molar-refractivity contribution in [1.82, 2.24) is 9.55 Å². The van der Waals surface area contributed by atoms with Crippen molar-refractivity contribution in [3.63, 3.8) is 0 Å². The first kappa shape index (κ1) is 14.9. The number of hydrogen-bond acceptors (Lipinski definition) is 4. The van der Waals surface area contributed by atoms with Crippen LogP contribution >= 0.6 is 0 Å². The Morgan fingerprint density at radius 3 is 2.57 bits per heavy atom. The van der Waals surface area contributed by atoms with Crippen molar-refractivity contribution in [3.8, 4) is 11.4 Å². The standard InChI is InChI=1S/C17H16N4O2/c18-11-13-4-6-14(7-5-13)12-20-9-8-19-17(20)15-2-1-3-16(10-15)21(22)23/h1-10H,11-12,18H2. The topological polar surface area (TPSA) is 87.0 Å². The molecule has 0 atom stereocenters. The lowest BCUT2D eigenvalue weighted by Gasteiger charge is -2.09. The highest BCUT2D eigenvalue weighted by atomic mass is 16.6. The van der Waals surface area contributed by atoms with E-state index in [1.54, 1.807) is 12.3 Å². The number of non-ortho nitro benzene ring substituents is 1. The van der Waals surface area contributed by atoms with Gasteiger partial charge in [-0.1, -0.05) is 36.4 Å². The molecule has 0 radical (unpaired) electrons. The van der Waals surface area contributed by atoms with Crippen molar-refractivity contribution in [2.75, 3.05) is 0 Å². The number of nitro benzene ring substituents is 1. The van der Waals surface area contributed by atoms with Gasteiger partial charge in [-0.3, -0.25) is 10.1 Å². The lowest BCUT2D eigenvalue weighted by Crippen LogP contribution is -2.02. The Hall–Kier alpha value is -2.99. The van der Waals surface area contributed by atoms with E-state index in [1.165, 1.54) is 12.1 Å². The summed E-state index contributed by atoms with van der Waals surface area (Å²) < 4.78 is 1.97. The summed E-state index contributed by atoms with van der Waals surface area (Å²) in [6.45, 7) is 1.16. The summed E-state index contributed by atoms with van der Waals surface area (Å²) in [5, 5.41) is 10.9. The number of benzene rings is 2. The van der Waals surface area contributed by atoms with Gasteiger partial charge in [0.25, 0.3) is 5.69 Å². The molecular formula is C17H16N4O2. The summed E-state index contributed by atoms with van der Waals surface area (Å²) in [5.41, 5.74) is 8.59. The van der Waals surface area contributed by atoms with Crippen LogP contribution in [0.15, 0.2) is 60.9 Å². The summed E-state index contributed by atoms with van der Waals surface area (Å²) in [6.07, 6.45) is 3.56. The molecule has 0 aliphatic carbocycles. The van der Waals surface area contributed by atoms with Crippen LogP contribution in [0.25, 0.3) is 11.4 Å². The quantitative estimate of drug-likeness (QED) is 0.580. The third-order valence-electron chi connectivity index (χ3n) is 3.64. The van der Waals surface area contributed by atoms with E-state index in [1.807, 2.05) is 41.1 Å². The maximum Gasteiger partial charge on any atom is 0.270 e. The highest BCUT2D eigenvalue weighted by Gasteiger charge is 2.11. The summed E-state index contributed by atoms with van der Waals surface area (Å²) in [4.78, 5) is 14.9. The molecule has 0 unspecified atom stereocenters. The van der Waals surface area contributed by atoms with Gasteiger partial charge < -0.3 is 10.3 Å². The van der Waals surface area contributed by atoms with Crippen LogP contribution in [-0.4, -0.2) is 14.5 Å². The van der Waals surface area contributed by atoms with E-state index in [2.05, 4.69) is 4.98 Å². The van der Waals surface area contributed by atoms with Gasteiger partial charge in [-0.15, -0.1) is 0 Å². The summed E-state index contributed by atoms with van der Waals surface area (Å²) in [7, 11) is 0. The molecule has 0 bridgehead atoms. The molecule has 0 saturated heterocycles. The van der Waals surface area contributed by atoms with Crippen LogP contribution in [-0.2, 0) is 13.1 Å². The Bertz CT molecular complexity index is 825. The average molecular weight is 308 g/mol. The normalized spacial score (nSPS) is 10.7. The zero-order valence-electron chi connectivity index (χ0n) is 12.4. The Balaban J connectivity index is 1.89. The van der Waals surface area contributed by atoms with Gasteiger partial charge in [0.2, 0.25) is 0 Å². The van der Waals surface area contributed by atoms with E-state index >= 15 is 0 Å². The minimum atomic E-state index is -0.400. The number of nitro groups is 1. The Labute approximate surface area is 133 Å². The summed E-state index contributed by atoms with van der Waals surface area (Å²) in [6, 6.07) is 14.6. The molecule has 3 rings (SSSR count). The zero-order valence-corrected chi connectivity index (χ0v) is 12.4. The van der Waals surface area contributed by atoms with Gasteiger partial charge in [-0.05, 0) is 11.1 Å². The molecule has 116 valence electrons. The lowest BCUT2D eigenvalue weighted by atomic mass is 10.1. The van der Waals surface area contributed by atoms with Crippen LogP contribution in [0.1, 0.15) is 11.1 Å². The lowest BCUT2D eigenvalue weighted by molar-refractivity contribution is -0.384. The van der Waals surface area contributed by atoms with Gasteiger partial charge in [0, 0.05) is 43.2 Å². The van der Waals surface area contributed by atoms with E-state index in [-0.39, 0.29) is 5.69 Å². The molecule has 3 aromatic rings. The van der Waals surface area contributed by atoms with Crippen molar-refractivity contribution in [3.05, 3.63) is 82.2 Å². The molecule has 0 aliphatic heterocycles. The number of imidazole rings is 1. The molecular weight excluding hydrogens is 292 g/mol. The highest BCUT2D eigenvalue weighted by Crippen LogP contribution is 2.23. The average Bonchev–Trinajstić information content (AvgIpc) is 3.04. The summed E-state index contributed by atoms with van der Waals surface area (Å²) >= 11 is 0. The Morgan fingerprint density at radius 2 is 1.87 bits per heavy atom. The number of nitrogens with zero attached hydrogens (tertiary/aromatic N) is 3. The van der Waals surface area contributed by atoms with Crippen molar-refractivity contribution in [2.24, 2.45) is 5.73 Å². The Kier molecular flexibility index (Phi) is 4.16. The molecule has 0 saturated carbocycles. The number of hydrogen-bond donors (Lipinski definition) is 1. The van der Waals surface area contributed by atoms with Crippen LogP contribution in [0, 0.1) is 10.1 Å². The second-order valence-corrected chi connectivity index (χ2v) is 5.21. The fourth-order valence-corrected chi connectivity index (χ4v) is 2.43. The van der Waals surface area contributed by atoms with Crippen molar-refractivity contribution < 1.29 is 4.92 Å². The van der Waals surface area contributed by atoms with Crippen LogP contribution in [0.2, 0.25) is 0 Å². The predicted octanol–water partition coefficient (Wildman–Crippen LogP) is 2.97. The van der Waals surface area contributed by atoms with Crippen molar-refractivity contribution in [2.45, 2.75) is 13.1 Å². The number of rotatable bonds is 5. The first-order chi connectivity index (χ1) is 11.2. The molecule has 1 heterocycles. The molecule has 0 spiro atoms. The van der Waals surface area contributed by atoms with Gasteiger partial charge >= 0.3 is 0 Å². The van der Waals surface area contributed by atoms with Gasteiger partial charge in [0.1, 0.15) is 5.82 Å². The van der Waals surface area contributed by atoms with Crippen LogP contribution in [0.4, 0.5) is 5.69 Å². The smallest absolute Gasteiger partial charge is 0.270 e. The minimum absolute atomic E-state index is 0.0596. The third kappa shape index (κ3) is 3.27. The summed E-state index contributed by atoms with van der Waals surface area (Å²) in [5.74, 6) is 0.705. The molecule has 6 nitrogen and oxygen atoms in total. The fourth-order valence-electron chi connectivity index (χ4n) is 2.43. The first-order valence-electron chi connectivity index (χ1n) is 7.21. The Morgan fingerprint density at radius 1 is 1.13 bits per heavy atom. The molecule has 23 heavy (non-hydrogen) atoms. The van der Waals surface area contributed by atoms with Crippen LogP contribution in [0.5, 0.6) is 0 Å². The fraction of sp³-hybridized carbons (Fsp3) is 0.118. The number of aromatic nitrogens is 2. The molecule has 0 fully saturated rings. The largest absolute Gasteiger partial charge is 0.327 e. The second-order valence-electron chi connectivity index (χ2n) is 5.21. The van der Waals surface area contributed by atoms with E-state index in [4.69, 9.17) is 5.73 Å². The molecule has 0 amide bonds. The van der Waals surface area contributed by atoms with Crippen LogP contribution in [0.3, 0.4) is 0 Å². The number of nitrogens with two attached hydrogens (primary N) is 1. The van der Waals surface area contributed by atoms with Gasteiger partial charge in [0.05, 0.1) is 4.92 Å². The predicted molar refractivity (Wildman–Crippen MR) is 87.8 cm³/mol. The van der Waals surface area contributed by atoms with Crippen LogP contribution < -0.4 is 5.73 Å². The van der Waals surface area contributed by atoms with E-state index in [0.717, 1.165) is 16.7 Å². The molecule has 2 N–H and O–H groups in total. The zero-order chi connectivity index (χ0) is 16.2. The van der Waals surface area contributed by atoms with Crippen molar-refractivity contribution in [1.29, 1.82) is 0 Å². The highest BCUT2D eigenvalue weighted by molar-refractivity contribution is 5.59. The maximum absolute atomic E-state index is 10.9. The second kappa shape index (κ2) is 6.41.